The summed E-state index contributed by atoms with van der Waals surface area (Å²) in [5.74, 6) is 6.60. The normalized spacial score (nSPS) is 87.0. The Morgan fingerprint density at radius 3 is 1.78 bits per heavy atom. The van der Waals surface area contributed by atoms with Crippen LogP contribution in [-0.2, 0) is 0 Å². The van der Waals surface area contributed by atoms with Gasteiger partial charge >= 0.3 is 0 Å². The van der Waals surface area contributed by atoms with Gasteiger partial charge in [0.1, 0.15) is 0 Å². The first-order valence-electron chi connectivity index (χ1n) is 4.03. The molecule has 0 aromatic carbocycles. The van der Waals surface area contributed by atoms with Gasteiger partial charge in [0.05, 0.1) is 0 Å². The predicted octanol–water partition coefficient (Wildman–Crippen LogP) is 1.74. The Balaban J connectivity index is 1.88. The van der Waals surface area contributed by atoms with Gasteiger partial charge in [-0.3, -0.25) is 0 Å². The van der Waals surface area contributed by atoms with Crippen molar-refractivity contribution in [2.24, 2.45) is 35.5 Å². The lowest BCUT2D eigenvalue weighted by Crippen LogP contribution is -2.84. The summed E-state index contributed by atoms with van der Waals surface area (Å²) < 4.78 is 0. The van der Waals surface area contributed by atoms with Gasteiger partial charge in [0.2, 0.25) is 0 Å². The quantitative estimate of drug-likeness (QED) is 0.450. The first kappa shape index (κ1) is 4.23. The molecule has 0 amide bonds. The fourth-order valence-corrected chi connectivity index (χ4v) is 4.92. The number of rotatable bonds is 0. The molecule has 0 aliphatic heterocycles. The van der Waals surface area contributed by atoms with Gasteiger partial charge in [-0.25, -0.2) is 0 Å². The minimum Gasteiger partial charge on any atom is -0.122 e. The zero-order valence-corrected chi connectivity index (χ0v) is 5.88. The summed E-state index contributed by atoms with van der Waals surface area (Å²) in [5, 5.41) is 0.628. The summed E-state index contributed by atoms with van der Waals surface area (Å²) in [5.41, 5.74) is 0. The Morgan fingerprint density at radius 1 is 0.889 bits per heavy atom. The molecule has 4 aliphatic rings. The second-order valence-corrected chi connectivity index (χ2v) is 4.82. The Kier molecular flexibility index (Phi) is 0.416. The number of halogens is 1. The van der Waals surface area contributed by atoms with Crippen molar-refractivity contribution in [1.82, 2.24) is 0 Å². The molecule has 4 rings (SSSR count). The molecule has 48 valence electrons. The lowest BCUT2D eigenvalue weighted by atomic mass is 9.20. The van der Waals surface area contributed by atoms with Gasteiger partial charge in [-0.2, -0.15) is 0 Å². The SMILES string of the molecule is ClC1C2C3CC4C1C2C34. The number of fused-ring (bicyclic) bond motifs is 2. The minimum atomic E-state index is 0.628. The maximum absolute atomic E-state index is 6.16. The van der Waals surface area contributed by atoms with Crippen molar-refractivity contribution in [3.05, 3.63) is 0 Å². The molecule has 9 heavy (non-hydrogen) atoms. The minimum absolute atomic E-state index is 0.628. The molecular weight excluding hydrogens is 132 g/mol. The highest BCUT2D eigenvalue weighted by atomic mass is 35.5. The predicted molar refractivity (Wildman–Crippen MR) is 35.2 cm³/mol. The second-order valence-electron chi connectivity index (χ2n) is 4.32. The fraction of sp³-hybridized carbons (Fsp3) is 1.00. The third-order valence-corrected chi connectivity index (χ3v) is 5.17. The number of hydrogen-bond acceptors (Lipinski definition) is 0. The van der Waals surface area contributed by atoms with E-state index in [4.69, 9.17) is 11.6 Å². The molecule has 4 atom stereocenters. The van der Waals surface area contributed by atoms with Crippen LogP contribution in [0.15, 0.2) is 0 Å². The van der Waals surface area contributed by atoms with E-state index in [0.717, 1.165) is 29.6 Å². The lowest BCUT2D eigenvalue weighted by Gasteiger charge is -2.86. The second kappa shape index (κ2) is 0.887. The largest absolute Gasteiger partial charge is 0.122 e. The van der Waals surface area contributed by atoms with Gasteiger partial charge < -0.3 is 0 Å². The molecule has 4 saturated carbocycles. The van der Waals surface area contributed by atoms with E-state index < -0.39 is 0 Å². The van der Waals surface area contributed by atoms with E-state index in [1.54, 1.807) is 6.42 Å². The summed E-state index contributed by atoms with van der Waals surface area (Å²) in [7, 11) is 0. The van der Waals surface area contributed by atoms with Crippen LogP contribution in [0.1, 0.15) is 6.42 Å². The Labute approximate surface area is 59.6 Å². The summed E-state index contributed by atoms with van der Waals surface area (Å²) in [6.45, 7) is 0. The van der Waals surface area contributed by atoms with E-state index in [0.29, 0.717) is 5.38 Å². The molecule has 0 nitrogen and oxygen atoms in total. The zero-order valence-electron chi connectivity index (χ0n) is 5.13. The smallest absolute Gasteiger partial charge is 0.0403 e. The average molecular weight is 141 g/mol. The van der Waals surface area contributed by atoms with E-state index >= 15 is 0 Å². The van der Waals surface area contributed by atoms with Crippen molar-refractivity contribution >= 4 is 11.6 Å². The molecule has 0 saturated heterocycles. The van der Waals surface area contributed by atoms with E-state index in [2.05, 4.69) is 0 Å². The number of hydrogen-bond donors (Lipinski definition) is 0. The van der Waals surface area contributed by atoms with Crippen LogP contribution in [0.25, 0.3) is 0 Å². The highest BCUT2D eigenvalue weighted by Crippen LogP contribution is 2.85. The van der Waals surface area contributed by atoms with Crippen molar-refractivity contribution in [2.45, 2.75) is 11.8 Å². The van der Waals surface area contributed by atoms with Gasteiger partial charge in [-0.05, 0) is 41.9 Å². The van der Waals surface area contributed by atoms with Gasteiger partial charge in [-0.15, -0.1) is 11.6 Å². The Hall–Kier alpha value is 0.290. The van der Waals surface area contributed by atoms with Gasteiger partial charge in [-0.1, -0.05) is 0 Å². The van der Waals surface area contributed by atoms with Crippen molar-refractivity contribution in [3.63, 3.8) is 0 Å². The van der Waals surface area contributed by atoms with Crippen LogP contribution in [0, 0.1) is 35.5 Å². The molecule has 0 aromatic heterocycles. The van der Waals surface area contributed by atoms with Crippen LogP contribution in [0.2, 0.25) is 0 Å². The van der Waals surface area contributed by atoms with Crippen LogP contribution in [0.4, 0.5) is 0 Å². The highest BCUT2D eigenvalue weighted by Gasteiger charge is 2.82. The lowest BCUT2D eigenvalue weighted by molar-refractivity contribution is -0.365. The van der Waals surface area contributed by atoms with Crippen LogP contribution in [-0.4, -0.2) is 5.38 Å². The van der Waals surface area contributed by atoms with Crippen LogP contribution < -0.4 is 0 Å². The van der Waals surface area contributed by atoms with Crippen molar-refractivity contribution in [3.8, 4) is 0 Å². The topological polar surface area (TPSA) is 0 Å². The van der Waals surface area contributed by atoms with Crippen LogP contribution >= 0.6 is 11.6 Å². The standard InChI is InChI=1S/C8H9Cl/c9-8-5-2-1-3-4(2)7(5)6(3)8/h2-8H,1H2. The van der Waals surface area contributed by atoms with Crippen LogP contribution in [0.5, 0.6) is 0 Å². The highest BCUT2D eigenvalue weighted by molar-refractivity contribution is 6.22. The molecule has 4 aliphatic carbocycles. The first-order valence-corrected chi connectivity index (χ1v) is 4.47. The molecule has 1 heteroatoms. The molecule has 0 aromatic rings. The monoisotopic (exact) mass is 140 g/mol. The van der Waals surface area contributed by atoms with Gasteiger partial charge in [0.15, 0.2) is 0 Å². The third-order valence-electron chi connectivity index (χ3n) is 4.59. The first-order chi connectivity index (χ1) is 4.39. The van der Waals surface area contributed by atoms with E-state index in [1.807, 2.05) is 0 Å². The van der Waals surface area contributed by atoms with Crippen molar-refractivity contribution in [2.75, 3.05) is 0 Å². The van der Waals surface area contributed by atoms with Crippen LogP contribution in [0.3, 0.4) is 0 Å². The Morgan fingerprint density at radius 2 is 1.56 bits per heavy atom. The summed E-state index contributed by atoms with van der Waals surface area (Å²) in [6, 6.07) is 0. The summed E-state index contributed by atoms with van der Waals surface area (Å²) in [4.78, 5) is 0. The van der Waals surface area contributed by atoms with E-state index in [1.165, 1.54) is 5.92 Å². The third kappa shape index (κ3) is 0.202. The molecule has 0 heterocycles. The molecule has 4 unspecified atom stereocenters. The van der Waals surface area contributed by atoms with E-state index in [-0.39, 0.29) is 0 Å². The summed E-state index contributed by atoms with van der Waals surface area (Å²) in [6.07, 6.45) is 1.56. The Bertz CT molecular complexity index is 164. The molecule has 0 N–H and O–H groups in total. The fourth-order valence-electron chi connectivity index (χ4n) is 4.21. The molecular formula is C8H9Cl. The number of alkyl halides is 1. The molecule has 4 fully saturated rings. The summed E-state index contributed by atoms with van der Waals surface area (Å²) >= 11 is 6.16. The van der Waals surface area contributed by atoms with Gasteiger partial charge in [0.25, 0.3) is 0 Å². The maximum Gasteiger partial charge on any atom is 0.0403 e. The average Bonchev–Trinajstić information content (AvgIpc) is 1.86. The molecule has 0 radical (unpaired) electrons. The maximum atomic E-state index is 6.16. The van der Waals surface area contributed by atoms with E-state index in [9.17, 15) is 0 Å². The molecule has 0 spiro atoms. The van der Waals surface area contributed by atoms with Crippen molar-refractivity contribution < 1.29 is 0 Å². The molecule has 0 bridgehead atoms. The zero-order chi connectivity index (χ0) is 5.75. The van der Waals surface area contributed by atoms with Gasteiger partial charge in [0, 0.05) is 5.38 Å². The van der Waals surface area contributed by atoms with Crippen molar-refractivity contribution in [1.29, 1.82) is 0 Å².